The van der Waals surface area contributed by atoms with E-state index in [2.05, 4.69) is 20.4 Å². The molecule has 1 saturated carbocycles. The zero-order chi connectivity index (χ0) is 28.5. The lowest BCUT2D eigenvalue weighted by molar-refractivity contribution is -0.275. The first-order valence-corrected chi connectivity index (χ1v) is 12.4. The molecule has 2 fully saturated rings. The molecule has 2 aliphatic rings. The second-order valence-electron chi connectivity index (χ2n) is 9.60. The highest BCUT2D eigenvalue weighted by molar-refractivity contribution is 6.00. The Morgan fingerprint density at radius 2 is 1.70 bits per heavy atom. The lowest BCUT2D eigenvalue weighted by atomic mass is 9.76. The number of nitrogens with zero attached hydrogens (tertiary/aromatic N) is 2. The average Bonchev–Trinajstić information content (AvgIpc) is 3.68. The Morgan fingerprint density at radius 1 is 0.975 bits per heavy atom. The van der Waals surface area contributed by atoms with Crippen molar-refractivity contribution in [2.75, 3.05) is 23.7 Å². The van der Waals surface area contributed by atoms with Gasteiger partial charge in [0.15, 0.2) is 0 Å². The molecule has 1 aliphatic heterocycles. The number of rotatable bonds is 8. The molecule has 13 heteroatoms. The number of ether oxygens (including phenoxy) is 2. The van der Waals surface area contributed by atoms with Gasteiger partial charge in [-0.05, 0) is 67.6 Å². The molecular formula is C27H24F6N4O3. The number of hydrogen-bond acceptors (Lipinski definition) is 5. The molecule has 0 radical (unpaired) electrons. The third-order valence-electron chi connectivity index (χ3n) is 6.83. The summed E-state index contributed by atoms with van der Waals surface area (Å²) in [5.74, 6) is -0.375. The summed E-state index contributed by atoms with van der Waals surface area (Å²) in [7, 11) is 0. The summed E-state index contributed by atoms with van der Waals surface area (Å²) >= 11 is 0. The standard InChI is InChI=1S/C27H24F6N4O3/c28-26(29,30)25(13-15-37(25)16-17-7-8-17)20-4-1-2-6-22(20)39-23-21(5-3-14-34-23)36-24(38)35-18-9-11-19(12-10-18)40-27(31,32)33/h1-6,9-12,14,17H,7-8,13,15-16H2,(H2,35,36,38). The minimum atomic E-state index is -4.85. The summed E-state index contributed by atoms with van der Waals surface area (Å²) in [6.07, 6.45) is -6.31. The van der Waals surface area contributed by atoms with Crippen LogP contribution in [0.5, 0.6) is 17.4 Å². The molecule has 2 aromatic carbocycles. The van der Waals surface area contributed by atoms with Gasteiger partial charge in [0, 0.05) is 30.5 Å². The molecule has 5 rings (SSSR count). The Hall–Kier alpha value is -4.00. The molecule has 1 aliphatic carbocycles. The molecular weight excluding hydrogens is 542 g/mol. The van der Waals surface area contributed by atoms with Gasteiger partial charge in [-0.15, -0.1) is 13.2 Å². The van der Waals surface area contributed by atoms with Crippen molar-refractivity contribution in [3.8, 4) is 17.4 Å². The van der Waals surface area contributed by atoms with Crippen LogP contribution < -0.4 is 20.1 Å². The lowest BCUT2D eigenvalue weighted by Gasteiger charge is -2.54. The number of carbonyl (C=O) groups is 1. The number of carbonyl (C=O) groups excluding carboxylic acids is 1. The summed E-state index contributed by atoms with van der Waals surface area (Å²) < 4.78 is 90.6. The maximum atomic E-state index is 14.6. The monoisotopic (exact) mass is 566 g/mol. The van der Waals surface area contributed by atoms with E-state index in [4.69, 9.17) is 4.74 Å². The molecule has 2 heterocycles. The van der Waals surface area contributed by atoms with Crippen LogP contribution in [0, 0.1) is 5.92 Å². The van der Waals surface area contributed by atoms with E-state index in [1.165, 1.54) is 53.6 Å². The highest BCUT2D eigenvalue weighted by atomic mass is 19.4. The van der Waals surface area contributed by atoms with E-state index in [1.54, 1.807) is 6.07 Å². The molecule has 2 N–H and O–H groups in total. The third-order valence-corrected chi connectivity index (χ3v) is 6.83. The number of amides is 2. The van der Waals surface area contributed by atoms with E-state index < -0.39 is 29.9 Å². The molecule has 0 bridgehead atoms. The molecule has 212 valence electrons. The van der Waals surface area contributed by atoms with Gasteiger partial charge in [-0.3, -0.25) is 4.90 Å². The highest BCUT2D eigenvalue weighted by Gasteiger charge is 2.65. The van der Waals surface area contributed by atoms with Crippen molar-refractivity contribution in [1.29, 1.82) is 0 Å². The SMILES string of the molecule is O=C(Nc1ccc(OC(F)(F)F)cc1)Nc1cccnc1Oc1ccccc1C1(C(F)(F)F)CCN1CC1CC1. The van der Waals surface area contributed by atoms with Crippen LogP contribution in [0.4, 0.5) is 42.5 Å². The zero-order valence-electron chi connectivity index (χ0n) is 20.9. The van der Waals surface area contributed by atoms with Crippen molar-refractivity contribution in [1.82, 2.24) is 9.88 Å². The van der Waals surface area contributed by atoms with Gasteiger partial charge in [-0.25, -0.2) is 9.78 Å². The van der Waals surface area contributed by atoms with Gasteiger partial charge in [-0.2, -0.15) is 13.2 Å². The van der Waals surface area contributed by atoms with Crippen LogP contribution in [0.25, 0.3) is 0 Å². The molecule has 40 heavy (non-hydrogen) atoms. The van der Waals surface area contributed by atoms with Gasteiger partial charge >= 0.3 is 18.6 Å². The maximum Gasteiger partial charge on any atom is 0.573 e. The lowest BCUT2D eigenvalue weighted by Crippen LogP contribution is -2.65. The smallest absolute Gasteiger partial charge is 0.437 e. The molecule has 1 aromatic heterocycles. The second kappa shape index (κ2) is 10.5. The Labute approximate surface area is 225 Å². The van der Waals surface area contributed by atoms with E-state index in [0.717, 1.165) is 25.0 Å². The molecule has 7 nitrogen and oxygen atoms in total. The average molecular weight is 567 g/mol. The highest BCUT2D eigenvalue weighted by Crippen LogP contribution is 2.56. The third kappa shape index (κ3) is 5.93. The Kier molecular flexibility index (Phi) is 7.25. The zero-order valence-corrected chi connectivity index (χ0v) is 20.9. The predicted octanol–water partition coefficient (Wildman–Crippen LogP) is 7.29. The fourth-order valence-electron chi connectivity index (χ4n) is 4.72. The van der Waals surface area contributed by atoms with Crippen LogP contribution >= 0.6 is 0 Å². The van der Waals surface area contributed by atoms with E-state index in [0.29, 0.717) is 13.1 Å². The maximum absolute atomic E-state index is 14.6. The number of nitrogens with one attached hydrogen (secondary N) is 2. The number of likely N-dealkylation sites (tertiary alicyclic amines) is 1. The van der Waals surface area contributed by atoms with Gasteiger partial charge in [-0.1, -0.05) is 18.2 Å². The van der Waals surface area contributed by atoms with E-state index in [-0.39, 0.29) is 40.9 Å². The predicted molar refractivity (Wildman–Crippen MR) is 133 cm³/mol. The minimum Gasteiger partial charge on any atom is -0.437 e. The van der Waals surface area contributed by atoms with E-state index in [9.17, 15) is 31.1 Å². The van der Waals surface area contributed by atoms with Crippen molar-refractivity contribution in [2.24, 2.45) is 5.92 Å². The first-order valence-electron chi connectivity index (χ1n) is 12.4. The normalized spacial score (nSPS) is 19.4. The minimum absolute atomic E-state index is 0.0309. The molecule has 1 atom stereocenters. The quantitative estimate of drug-likeness (QED) is 0.280. The Bertz CT molecular complexity index is 1360. The Morgan fingerprint density at radius 3 is 2.33 bits per heavy atom. The van der Waals surface area contributed by atoms with Crippen LogP contribution in [0.1, 0.15) is 24.8 Å². The largest absolute Gasteiger partial charge is 0.573 e. The summed E-state index contributed by atoms with van der Waals surface area (Å²) in [5, 5.41) is 4.96. The van der Waals surface area contributed by atoms with Gasteiger partial charge in [0.2, 0.25) is 5.88 Å². The van der Waals surface area contributed by atoms with Crippen LogP contribution in [0.15, 0.2) is 66.9 Å². The van der Waals surface area contributed by atoms with E-state index >= 15 is 0 Å². The van der Waals surface area contributed by atoms with Crippen molar-refractivity contribution >= 4 is 17.4 Å². The number of pyridine rings is 1. The topological polar surface area (TPSA) is 75.7 Å². The number of anilines is 2. The molecule has 3 aromatic rings. The summed E-state index contributed by atoms with van der Waals surface area (Å²) in [4.78, 5) is 18.2. The van der Waals surface area contributed by atoms with Crippen molar-refractivity contribution in [2.45, 2.75) is 37.3 Å². The van der Waals surface area contributed by atoms with Gasteiger partial charge < -0.3 is 20.1 Å². The van der Waals surface area contributed by atoms with Crippen LogP contribution in [0.2, 0.25) is 0 Å². The molecule has 1 unspecified atom stereocenters. The number of para-hydroxylation sites is 1. The van der Waals surface area contributed by atoms with Gasteiger partial charge in [0.1, 0.15) is 22.7 Å². The number of hydrogen-bond donors (Lipinski definition) is 2. The summed E-state index contributed by atoms with van der Waals surface area (Å²) in [6, 6.07) is 12.6. The number of benzene rings is 2. The van der Waals surface area contributed by atoms with Crippen LogP contribution in [0.3, 0.4) is 0 Å². The van der Waals surface area contributed by atoms with Crippen LogP contribution in [-0.4, -0.2) is 41.5 Å². The number of halogens is 6. The van der Waals surface area contributed by atoms with E-state index in [1.807, 2.05) is 0 Å². The summed E-state index contributed by atoms with van der Waals surface area (Å²) in [6.45, 7) is 0.679. The Balaban J connectivity index is 1.34. The van der Waals surface area contributed by atoms with Crippen molar-refractivity contribution < 1.29 is 40.6 Å². The molecule has 0 spiro atoms. The van der Waals surface area contributed by atoms with Gasteiger partial charge in [0.05, 0.1) is 0 Å². The van der Waals surface area contributed by atoms with Crippen molar-refractivity contribution in [3.63, 3.8) is 0 Å². The summed E-state index contributed by atoms with van der Waals surface area (Å²) in [5.41, 5.74) is -1.99. The van der Waals surface area contributed by atoms with Crippen molar-refractivity contribution in [3.05, 3.63) is 72.4 Å². The fraction of sp³-hybridized carbons (Fsp3) is 0.333. The number of urea groups is 1. The van der Waals surface area contributed by atoms with Crippen LogP contribution in [-0.2, 0) is 5.54 Å². The number of alkyl halides is 6. The first-order chi connectivity index (χ1) is 18.9. The molecule has 1 saturated heterocycles. The van der Waals surface area contributed by atoms with Gasteiger partial charge in [0.25, 0.3) is 0 Å². The second-order valence-corrected chi connectivity index (χ2v) is 9.60. The molecule has 2 amide bonds. The first kappa shape index (κ1) is 27.6. The number of aromatic nitrogens is 1. The fourth-order valence-corrected chi connectivity index (χ4v) is 4.72.